The highest BCUT2D eigenvalue weighted by Gasteiger charge is 2.31. The van der Waals surface area contributed by atoms with E-state index in [-0.39, 0.29) is 12.5 Å². The maximum atomic E-state index is 13.1. The van der Waals surface area contributed by atoms with Crippen molar-refractivity contribution >= 4 is 23.4 Å². The number of anilines is 2. The number of hydrogen-bond donors (Lipinski definition) is 1. The van der Waals surface area contributed by atoms with E-state index in [2.05, 4.69) is 18.2 Å². The quantitative estimate of drug-likeness (QED) is 0.735. The Morgan fingerprint density at radius 1 is 0.931 bits per heavy atom. The molecule has 0 radical (unpaired) electrons. The van der Waals surface area contributed by atoms with E-state index >= 15 is 0 Å². The van der Waals surface area contributed by atoms with Gasteiger partial charge in [-0.15, -0.1) is 0 Å². The van der Waals surface area contributed by atoms with Gasteiger partial charge in [-0.25, -0.2) is 4.79 Å². The number of urea groups is 1. The molecule has 0 atom stereocenters. The lowest BCUT2D eigenvalue weighted by atomic mass is 9.84. The number of benzene rings is 2. The second-order valence-corrected chi connectivity index (χ2v) is 8.08. The molecule has 0 unspecified atom stereocenters. The molecule has 1 aliphatic heterocycles. The molecule has 29 heavy (non-hydrogen) atoms. The number of aryl methyl sites for hydroxylation is 1. The smallest absolute Gasteiger partial charge is 0.329 e. The van der Waals surface area contributed by atoms with E-state index < -0.39 is 5.97 Å². The number of carboxylic acid groups (broad SMARTS) is 1. The van der Waals surface area contributed by atoms with Crippen LogP contribution in [0.2, 0.25) is 0 Å². The number of carbonyl (C=O) groups is 2. The fraction of sp³-hybridized carbons (Fsp3) is 0.417. The predicted molar refractivity (Wildman–Crippen MR) is 115 cm³/mol. The van der Waals surface area contributed by atoms with E-state index in [4.69, 9.17) is 5.11 Å². The number of aliphatic carboxylic acids is 1. The van der Waals surface area contributed by atoms with Gasteiger partial charge in [-0.3, -0.25) is 14.6 Å². The summed E-state index contributed by atoms with van der Waals surface area (Å²) < 4.78 is 0. The third-order valence-corrected chi connectivity index (χ3v) is 6.14. The highest BCUT2D eigenvalue weighted by molar-refractivity contribution is 6.06. The number of carbonyl (C=O) groups excluding carboxylic acids is 1. The van der Waals surface area contributed by atoms with Gasteiger partial charge in [-0.1, -0.05) is 43.5 Å². The van der Waals surface area contributed by atoms with Crippen molar-refractivity contribution in [3.8, 4) is 0 Å². The minimum atomic E-state index is -0.796. The molecule has 5 nitrogen and oxygen atoms in total. The Hall–Kier alpha value is -2.82. The van der Waals surface area contributed by atoms with Crippen molar-refractivity contribution in [1.82, 2.24) is 0 Å². The summed E-state index contributed by atoms with van der Waals surface area (Å²) in [7, 11) is 0. The second kappa shape index (κ2) is 8.68. The van der Waals surface area contributed by atoms with Gasteiger partial charge in [0.1, 0.15) is 0 Å². The normalized spacial score (nSPS) is 17.7. The molecule has 152 valence electrons. The predicted octanol–water partition coefficient (Wildman–Crippen LogP) is 5.20. The van der Waals surface area contributed by atoms with Gasteiger partial charge in [0.25, 0.3) is 0 Å². The first kappa shape index (κ1) is 19.5. The molecule has 1 aliphatic carbocycles. The fourth-order valence-electron chi connectivity index (χ4n) is 4.49. The Morgan fingerprint density at radius 3 is 2.31 bits per heavy atom. The Labute approximate surface area is 171 Å². The molecule has 1 heterocycles. The van der Waals surface area contributed by atoms with E-state index in [1.807, 2.05) is 35.2 Å². The summed E-state index contributed by atoms with van der Waals surface area (Å²) in [5.74, 6) is -0.175. The minimum absolute atomic E-state index is 0.00378. The van der Waals surface area contributed by atoms with Crippen LogP contribution in [0.4, 0.5) is 16.2 Å². The summed E-state index contributed by atoms with van der Waals surface area (Å²) in [4.78, 5) is 27.5. The van der Waals surface area contributed by atoms with Crippen LogP contribution in [-0.4, -0.2) is 30.2 Å². The molecule has 2 aliphatic rings. The Balaban J connectivity index is 1.45. The van der Waals surface area contributed by atoms with Crippen molar-refractivity contribution in [2.45, 2.75) is 50.9 Å². The maximum Gasteiger partial charge on any atom is 0.329 e. The zero-order valence-electron chi connectivity index (χ0n) is 16.7. The summed E-state index contributed by atoms with van der Waals surface area (Å²) in [5.41, 5.74) is 4.18. The van der Waals surface area contributed by atoms with Crippen LogP contribution < -0.4 is 9.80 Å². The Bertz CT molecular complexity index is 872. The Kier molecular flexibility index (Phi) is 5.84. The molecule has 0 bridgehead atoms. The summed E-state index contributed by atoms with van der Waals surface area (Å²) in [5, 5.41) is 8.82. The first-order valence-electron chi connectivity index (χ1n) is 10.6. The summed E-state index contributed by atoms with van der Waals surface area (Å²) in [6.45, 7) is 1.33. The van der Waals surface area contributed by atoms with Crippen LogP contribution in [0.1, 0.15) is 55.6 Å². The van der Waals surface area contributed by atoms with Crippen LogP contribution in [0.15, 0.2) is 48.5 Å². The van der Waals surface area contributed by atoms with Crippen LogP contribution in [0.5, 0.6) is 0 Å². The molecule has 2 amide bonds. The van der Waals surface area contributed by atoms with Crippen molar-refractivity contribution in [2.75, 3.05) is 22.9 Å². The number of hydrogen-bond acceptors (Lipinski definition) is 2. The SMILES string of the molecule is O=C(O)CCc1ccc(N2CCN(c3cccc(C4CCCCC4)c3)C2=O)cc1. The lowest BCUT2D eigenvalue weighted by molar-refractivity contribution is -0.136. The molecular weight excluding hydrogens is 364 g/mol. The van der Waals surface area contributed by atoms with Gasteiger partial charge in [0, 0.05) is 30.9 Å². The van der Waals surface area contributed by atoms with Gasteiger partial charge < -0.3 is 5.11 Å². The van der Waals surface area contributed by atoms with Crippen molar-refractivity contribution in [1.29, 1.82) is 0 Å². The van der Waals surface area contributed by atoms with E-state index in [1.54, 1.807) is 4.90 Å². The van der Waals surface area contributed by atoms with Crippen LogP contribution in [0, 0.1) is 0 Å². The molecule has 2 fully saturated rings. The number of amides is 2. The zero-order valence-corrected chi connectivity index (χ0v) is 16.7. The van der Waals surface area contributed by atoms with E-state index in [0.29, 0.717) is 25.4 Å². The molecule has 2 aromatic carbocycles. The van der Waals surface area contributed by atoms with Crippen molar-refractivity contribution < 1.29 is 14.7 Å². The molecule has 5 heteroatoms. The summed E-state index contributed by atoms with van der Waals surface area (Å²) >= 11 is 0. The van der Waals surface area contributed by atoms with Gasteiger partial charge in [0.15, 0.2) is 0 Å². The fourth-order valence-corrected chi connectivity index (χ4v) is 4.49. The van der Waals surface area contributed by atoms with Crippen LogP contribution >= 0.6 is 0 Å². The monoisotopic (exact) mass is 392 g/mol. The minimum Gasteiger partial charge on any atom is -0.481 e. The zero-order chi connectivity index (χ0) is 20.2. The van der Waals surface area contributed by atoms with Gasteiger partial charge in [-0.2, -0.15) is 0 Å². The van der Waals surface area contributed by atoms with Crippen molar-refractivity contribution in [3.05, 3.63) is 59.7 Å². The molecule has 0 spiro atoms. The summed E-state index contributed by atoms with van der Waals surface area (Å²) in [6.07, 6.45) is 7.05. The first-order valence-corrected chi connectivity index (χ1v) is 10.6. The van der Waals surface area contributed by atoms with Crippen LogP contribution in [0.3, 0.4) is 0 Å². The number of nitrogens with zero attached hydrogens (tertiary/aromatic N) is 2. The van der Waals surface area contributed by atoms with E-state index in [9.17, 15) is 9.59 Å². The van der Waals surface area contributed by atoms with Gasteiger partial charge in [0.05, 0.1) is 0 Å². The topological polar surface area (TPSA) is 60.9 Å². The second-order valence-electron chi connectivity index (χ2n) is 8.08. The highest BCUT2D eigenvalue weighted by atomic mass is 16.4. The standard InChI is InChI=1S/C24H28N2O3/c27-23(28)14-11-18-9-12-21(13-10-18)25-15-16-26(24(25)29)22-8-4-7-20(17-22)19-5-2-1-3-6-19/h4,7-10,12-13,17,19H,1-3,5-6,11,14-16H2,(H,27,28). The average Bonchev–Trinajstić information content (AvgIpc) is 3.14. The van der Waals surface area contributed by atoms with Gasteiger partial charge in [0.2, 0.25) is 0 Å². The molecule has 2 aromatic rings. The molecular formula is C24H28N2O3. The third kappa shape index (κ3) is 4.44. The average molecular weight is 392 g/mol. The maximum absolute atomic E-state index is 13.1. The first-order chi connectivity index (χ1) is 14.1. The molecule has 1 N–H and O–H groups in total. The summed E-state index contributed by atoms with van der Waals surface area (Å²) in [6, 6.07) is 16.2. The highest BCUT2D eigenvalue weighted by Crippen LogP contribution is 2.35. The number of rotatable bonds is 6. The van der Waals surface area contributed by atoms with Crippen LogP contribution in [0.25, 0.3) is 0 Å². The van der Waals surface area contributed by atoms with Crippen molar-refractivity contribution in [3.63, 3.8) is 0 Å². The largest absolute Gasteiger partial charge is 0.481 e. The lowest BCUT2D eigenvalue weighted by Gasteiger charge is -2.24. The van der Waals surface area contributed by atoms with Gasteiger partial charge >= 0.3 is 12.0 Å². The molecule has 0 aromatic heterocycles. The van der Waals surface area contributed by atoms with E-state index in [1.165, 1.54) is 37.7 Å². The molecule has 4 rings (SSSR count). The number of carboxylic acids is 1. The van der Waals surface area contributed by atoms with Crippen LogP contribution in [-0.2, 0) is 11.2 Å². The molecule has 1 saturated heterocycles. The van der Waals surface area contributed by atoms with Gasteiger partial charge in [-0.05, 0) is 60.6 Å². The van der Waals surface area contributed by atoms with Crippen molar-refractivity contribution in [2.24, 2.45) is 0 Å². The Morgan fingerprint density at radius 2 is 1.62 bits per heavy atom. The molecule has 1 saturated carbocycles. The lowest BCUT2D eigenvalue weighted by Crippen LogP contribution is -2.31. The third-order valence-electron chi connectivity index (χ3n) is 6.14. The van der Waals surface area contributed by atoms with E-state index in [0.717, 1.165) is 16.9 Å².